The fraction of sp³-hybridized carbons (Fsp3) is 0.286. The van der Waals surface area contributed by atoms with Gasteiger partial charge in [-0.25, -0.2) is 8.42 Å². The topological polar surface area (TPSA) is 107 Å². The number of hydrogen-bond acceptors (Lipinski definition) is 6. The molecule has 2 N–H and O–H groups in total. The van der Waals surface area contributed by atoms with Gasteiger partial charge in [0, 0.05) is 29.6 Å². The predicted molar refractivity (Wildman–Crippen MR) is 110 cm³/mol. The van der Waals surface area contributed by atoms with Crippen molar-refractivity contribution in [3.8, 4) is 11.5 Å². The number of rotatable bonds is 7. The first-order valence-corrected chi connectivity index (χ1v) is 11.1. The minimum Gasteiger partial charge on any atom is -0.486 e. The first-order valence-electron chi connectivity index (χ1n) is 9.61. The van der Waals surface area contributed by atoms with Gasteiger partial charge in [-0.15, -0.1) is 0 Å². The molecule has 4 rings (SSSR count). The molecule has 30 heavy (non-hydrogen) atoms. The lowest BCUT2D eigenvalue weighted by atomic mass is 10.1. The molecule has 0 bridgehead atoms. The number of hydrogen-bond donors (Lipinski definition) is 2. The largest absolute Gasteiger partial charge is 0.486 e. The van der Waals surface area contributed by atoms with Crippen molar-refractivity contribution in [2.24, 2.45) is 0 Å². The van der Waals surface area contributed by atoms with Crippen LogP contribution in [-0.4, -0.2) is 45.2 Å². The Bertz CT molecular complexity index is 1170. The van der Waals surface area contributed by atoms with Crippen LogP contribution in [0.4, 0.5) is 0 Å². The van der Waals surface area contributed by atoms with Gasteiger partial charge in [-0.3, -0.25) is 4.79 Å². The molecule has 0 saturated carbocycles. The Kier molecular flexibility index (Phi) is 5.65. The van der Waals surface area contributed by atoms with Crippen LogP contribution in [0.2, 0.25) is 0 Å². The third-order valence-electron chi connectivity index (χ3n) is 4.79. The van der Waals surface area contributed by atoms with Crippen molar-refractivity contribution in [1.29, 1.82) is 0 Å². The van der Waals surface area contributed by atoms with Gasteiger partial charge in [0.15, 0.2) is 11.5 Å². The second kappa shape index (κ2) is 8.37. The van der Waals surface area contributed by atoms with Crippen LogP contribution in [0.5, 0.6) is 11.5 Å². The van der Waals surface area contributed by atoms with Gasteiger partial charge in [-0.2, -0.15) is 4.72 Å². The Labute approximate surface area is 174 Å². The first-order chi connectivity index (χ1) is 14.5. The molecule has 1 aliphatic heterocycles. The number of sulfonamides is 1. The molecule has 1 aliphatic rings. The van der Waals surface area contributed by atoms with Crippen molar-refractivity contribution < 1.29 is 27.4 Å². The molecule has 158 valence electrons. The number of nitrogens with one attached hydrogen (secondary N) is 2. The summed E-state index contributed by atoms with van der Waals surface area (Å²) in [6, 6.07) is 10.9. The SMILES string of the molecule is CCOC(=O)C(Cc1c[nH]c2ccccc12)NS(=O)(=O)c1ccc2c(c1)OCCO2. The Morgan fingerprint density at radius 2 is 1.93 bits per heavy atom. The summed E-state index contributed by atoms with van der Waals surface area (Å²) in [4.78, 5) is 15.7. The van der Waals surface area contributed by atoms with Gasteiger partial charge in [-0.1, -0.05) is 18.2 Å². The summed E-state index contributed by atoms with van der Waals surface area (Å²) in [5.41, 5.74) is 1.72. The van der Waals surface area contributed by atoms with Gasteiger partial charge in [-0.05, 0) is 30.7 Å². The Morgan fingerprint density at radius 1 is 1.17 bits per heavy atom. The van der Waals surface area contributed by atoms with E-state index in [4.69, 9.17) is 14.2 Å². The molecule has 1 unspecified atom stereocenters. The zero-order chi connectivity index (χ0) is 21.1. The van der Waals surface area contributed by atoms with E-state index in [-0.39, 0.29) is 17.9 Å². The summed E-state index contributed by atoms with van der Waals surface area (Å²) in [7, 11) is -4.01. The maximum atomic E-state index is 13.0. The highest BCUT2D eigenvalue weighted by Gasteiger charge is 2.29. The molecule has 0 aliphatic carbocycles. The highest BCUT2D eigenvalue weighted by Crippen LogP contribution is 2.32. The van der Waals surface area contributed by atoms with E-state index in [2.05, 4.69) is 9.71 Å². The average molecular weight is 430 g/mol. The molecule has 3 aromatic rings. The average Bonchev–Trinajstić information content (AvgIpc) is 3.16. The molecule has 9 heteroatoms. The van der Waals surface area contributed by atoms with E-state index in [9.17, 15) is 13.2 Å². The number of benzene rings is 2. The van der Waals surface area contributed by atoms with Crippen molar-refractivity contribution >= 4 is 26.9 Å². The number of aromatic amines is 1. The van der Waals surface area contributed by atoms with Gasteiger partial charge in [0.2, 0.25) is 10.0 Å². The lowest BCUT2D eigenvalue weighted by molar-refractivity contribution is -0.145. The van der Waals surface area contributed by atoms with Crippen molar-refractivity contribution in [3.63, 3.8) is 0 Å². The lowest BCUT2D eigenvalue weighted by Crippen LogP contribution is -2.43. The molecule has 0 saturated heterocycles. The number of ether oxygens (including phenoxy) is 3. The van der Waals surface area contributed by atoms with E-state index in [1.807, 2.05) is 24.3 Å². The zero-order valence-corrected chi connectivity index (χ0v) is 17.2. The number of para-hydroxylation sites is 1. The summed E-state index contributed by atoms with van der Waals surface area (Å²) >= 11 is 0. The standard InChI is InChI=1S/C21H22N2O6S/c1-2-27-21(24)18(11-14-13-22-17-6-4-3-5-16(14)17)23-30(25,26)15-7-8-19-20(12-15)29-10-9-28-19/h3-8,12-13,18,22-23H,2,9-11H2,1H3. The number of carbonyl (C=O) groups excluding carboxylic acids is 1. The maximum Gasteiger partial charge on any atom is 0.324 e. The van der Waals surface area contributed by atoms with Gasteiger partial charge in [0.1, 0.15) is 19.3 Å². The predicted octanol–water partition coefficient (Wildman–Crippen LogP) is 2.39. The fourth-order valence-electron chi connectivity index (χ4n) is 3.38. The van der Waals surface area contributed by atoms with Gasteiger partial charge in [0.25, 0.3) is 0 Å². The third-order valence-corrected chi connectivity index (χ3v) is 6.26. The summed E-state index contributed by atoms with van der Waals surface area (Å²) < 4.78 is 44.5. The Balaban J connectivity index is 1.62. The molecule has 0 spiro atoms. The monoisotopic (exact) mass is 430 g/mol. The first kappa shape index (κ1) is 20.2. The normalized spacial score (nSPS) is 14.4. The molecule has 2 aromatic carbocycles. The van der Waals surface area contributed by atoms with Crippen LogP contribution in [0, 0.1) is 0 Å². The number of H-pyrrole nitrogens is 1. The third kappa shape index (κ3) is 4.12. The van der Waals surface area contributed by atoms with Crippen LogP contribution < -0.4 is 14.2 Å². The Hall–Kier alpha value is -3.04. The molecule has 1 aromatic heterocycles. The highest BCUT2D eigenvalue weighted by atomic mass is 32.2. The molecule has 0 amide bonds. The van der Waals surface area contributed by atoms with Crippen LogP contribution >= 0.6 is 0 Å². The maximum absolute atomic E-state index is 13.0. The van der Waals surface area contributed by atoms with Gasteiger partial charge in [0.05, 0.1) is 11.5 Å². The molecule has 8 nitrogen and oxygen atoms in total. The highest BCUT2D eigenvalue weighted by molar-refractivity contribution is 7.89. The quantitative estimate of drug-likeness (QED) is 0.558. The number of aromatic nitrogens is 1. The number of fused-ring (bicyclic) bond motifs is 2. The Morgan fingerprint density at radius 3 is 2.73 bits per heavy atom. The molecule has 1 atom stereocenters. The molecular weight excluding hydrogens is 408 g/mol. The number of carbonyl (C=O) groups is 1. The van der Waals surface area contributed by atoms with Gasteiger partial charge < -0.3 is 19.2 Å². The van der Waals surface area contributed by atoms with Crippen LogP contribution in [-0.2, 0) is 26.0 Å². The second-order valence-electron chi connectivity index (χ2n) is 6.80. The van der Waals surface area contributed by atoms with E-state index in [0.717, 1.165) is 16.5 Å². The fourth-order valence-corrected chi connectivity index (χ4v) is 4.58. The summed E-state index contributed by atoms with van der Waals surface area (Å²) in [5, 5.41) is 0.922. The molecule has 2 heterocycles. The van der Waals surface area contributed by atoms with Crippen LogP contribution in [0.1, 0.15) is 12.5 Å². The van der Waals surface area contributed by atoms with Crippen molar-refractivity contribution in [1.82, 2.24) is 9.71 Å². The van der Waals surface area contributed by atoms with Crippen molar-refractivity contribution in [3.05, 3.63) is 54.2 Å². The lowest BCUT2D eigenvalue weighted by Gasteiger charge is -2.20. The van der Waals surface area contributed by atoms with Crippen LogP contribution in [0.15, 0.2) is 53.6 Å². The molecule has 0 radical (unpaired) electrons. The van der Waals surface area contributed by atoms with Crippen LogP contribution in [0.3, 0.4) is 0 Å². The van der Waals surface area contributed by atoms with E-state index in [1.165, 1.54) is 12.1 Å². The van der Waals surface area contributed by atoms with Crippen molar-refractivity contribution in [2.45, 2.75) is 24.3 Å². The smallest absolute Gasteiger partial charge is 0.324 e. The molecular formula is C21H22N2O6S. The summed E-state index contributed by atoms with van der Waals surface area (Å²) in [5.74, 6) is 0.207. The summed E-state index contributed by atoms with van der Waals surface area (Å²) in [6.45, 7) is 2.58. The minimum atomic E-state index is -4.01. The second-order valence-corrected chi connectivity index (χ2v) is 8.51. The summed E-state index contributed by atoms with van der Waals surface area (Å²) in [6.07, 6.45) is 1.92. The van der Waals surface area contributed by atoms with Gasteiger partial charge >= 0.3 is 5.97 Å². The van der Waals surface area contributed by atoms with E-state index >= 15 is 0 Å². The van der Waals surface area contributed by atoms with Crippen LogP contribution in [0.25, 0.3) is 10.9 Å². The number of esters is 1. The molecule has 0 fully saturated rings. The van der Waals surface area contributed by atoms with E-state index < -0.39 is 22.0 Å². The van der Waals surface area contributed by atoms with E-state index in [0.29, 0.717) is 24.7 Å². The zero-order valence-electron chi connectivity index (χ0n) is 16.4. The minimum absolute atomic E-state index is 0.0139. The van der Waals surface area contributed by atoms with E-state index in [1.54, 1.807) is 19.2 Å². The van der Waals surface area contributed by atoms with Crippen molar-refractivity contribution in [2.75, 3.05) is 19.8 Å².